The molecule has 0 saturated heterocycles. The number of fused-ring (bicyclic) bond motifs is 1. The predicted molar refractivity (Wildman–Crippen MR) is 48.9 cm³/mol. The highest BCUT2D eigenvalue weighted by atomic mass is 16.3. The third kappa shape index (κ3) is 1.17. The standard InChI is InChI=1S/C10H8N2O/c11-6-8-1-2-10-9(5-8)3-4-12(10)7-13/h1-5,13H,7H2. The van der Waals surface area contributed by atoms with E-state index >= 15 is 0 Å². The van der Waals surface area contributed by atoms with Crippen molar-refractivity contribution in [2.75, 3.05) is 0 Å². The molecular formula is C10H8N2O. The van der Waals surface area contributed by atoms with Crippen LogP contribution >= 0.6 is 0 Å². The van der Waals surface area contributed by atoms with E-state index in [0.29, 0.717) is 5.56 Å². The summed E-state index contributed by atoms with van der Waals surface area (Å²) in [5.41, 5.74) is 1.59. The first-order chi connectivity index (χ1) is 6.35. The van der Waals surface area contributed by atoms with Gasteiger partial charge in [-0.3, -0.25) is 0 Å². The first kappa shape index (κ1) is 7.84. The van der Waals surface area contributed by atoms with Crippen LogP contribution in [0.25, 0.3) is 10.9 Å². The Labute approximate surface area is 75.4 Å². The quantitative estimate of drug-likeness (QED) is 0.708. The summed E-state index contributed by atoms with van der Waals surface area (Å²) >= 11 is 0. The van der Waals surface area contributed by atoms with Gasteiger partial charge in [0.1, 0.15) is 6.73 Å². The number of nitrogens with zero attached hydrogens (tertiary/aromatic N) is 2. The molecule has 1 aromatic heterocycles. The van der Waals surface area contributed by atoms with Crippen LogP contribution < -0.4 is 0 Å². The van der Waals surface area contributed by atoms with Gasteiger partial charge in [-0.25, -0.2) is 0 Å². The first-order valence-corrected chi connectivity index (χ1v) is 3.95. The number of rotatable bonds is 1. The van der Waals surface area contributed by atoms with Crippen molar-refractivity contribution in [1.82, 2.24) is 4.57 Å². The van der Waals surface area contributed by atoms with Gasteiger partial charge in [0, 0.05) is 11.6 Å². The normalized spacial score (nSPS) is 10.2. The van der Waals surface area contributed by atoms with E-state index in [-0.39, 0.29) is 6.73 Å². The molecule has 1 aromatic carbocycles. The lowest BCUT2D eigenvalue weighted by Gasteiger charge is -1.98. The lowest BCUT2D eigenvalue weighted by molar-refractivity contribution is 0.215. The van der Waals surface area contributed by atoms with E-state index in [0.717, 1.165) is 10.9 Å². The molecular weight excluding hydrogens is 164 g/mol. The zero-order valence-electron chi connectivity index (χ0n) is 6.94. The summed E-state index contributed by atoms with van der Waals surface area (Å²) in [5.74, 6) is 0. The maximum Gasteiger partial charge on any atom is 0.119 e. The van der Waals surface area contributed by atoms with E-state index in [1.807, 2.05) is 18.2 Å². The van der Waals surface area contributed by atoms with E-state index in [2.05, 4.69) is 6.07 Å². The Morgan fingerprint density at radius 2 is 2.23 bits per heavy atom. The Balaban J connectivity index is 2.70. The summed E-state index contributed by atoms with van der Waals surface area (Å²) in [6, 6.07) is 9.34. The molecule has 0 aliphatic heterocycles. The van der Waals surface area contributed by atoms with E-state index in [1.165, 1.54) is 0 Å². The van der Waals surface area contributed by atoms with Gasteiger partial charge in [-0.05, 0) is 24.3 Å². The van der Waals surface area contributed by atoms with Crippen LogP contribution in [0.2, 0.25) is 0 Å². The van der Waals surface area contributed by atoms with Crippen molar-refractivity contribution in [2.45, 2.75) is 6.73 Å². The van der Waals surface area contributed by atoms with Crippen LogP contribution in [-0.2, 0) is 6.73 Å². The van der Waals surface area contributed by atoms with Crippen LogP contribution in [0.1, 0.15) is 5.56 Å². The summed E-state index contributed by atoms with van der Waals surface area (Å²) < 4.78 is 1.72. The van der Waals surface area contributed by atoms with Crippen LogP contribution in [0.4, 0.5) is 0 Å². The van der Waals surface area contributed by atoms with E-state index in [4.69, 9.17) is 10.4 Å². The fourth-order valence-electron chi connectivity index (χ4n) is 1.39. The molecule has 64 valence electrons. The van der Waals surface area contributed by atoms with Gasteiger partial charge in [0.2, 0.25) is 0 Å². The molecule has 3 heteroatoms. The molecule has 3 nitrogen and oxygen atoms in total. The second kappa shape index (κ2) is 2.92. The van der Waals surface area contributed by atoms with Crippen molar-refractivity contribution in [3.8, 4) is 6.07 Å². The second-order valence-corrected chi connectivity index (χ2v) is 2.81. The number of hydrogen-bond donors (Lipinski definition) is 1. The van der Waals surface area contributed by atoms with Gasteiger partial charge in [0.05, 0.1) is 17.1 Å². The van der Waals surface area contributed by atoms with Gasteiger partial charge in [0.25, 0.3) is 0 Å². The molecule has 0 spiro atoms. The molecule has 0 saturated carbocycles. The molecule has 0 radical (unpaired) electrons. The van der Waals surface area contributed by atoms with E-state index < -0.39 is 0 Å². The molecule has 2 rings (SSSR count). The topological polar surface area (TPSA) is 49.0 Å². The number of aliphatic hydroxyl groups is 1. The smallest absolute Gasteiger partial charge is 0.119 e. The zero-order valence-corrected chi connectivity index (χ0v) is 6.94. The van der Waals surface area contributed by atoms with Gasteiger partial charge in [-0.2, -0.15) is 5.26 Å². The average molecular weight is 172 g/mol. The zero-order chi connectivity index (χ0) is 9.26. The van der Waals surface area contributed by atoms with Gasteiger partial charge in [-0.15, -0.1) is 0 Å². The third-order valence-electron chi connectivity index (χ3n) is 2.05. The lowest BCUT2D eigenvalue weighted by atomic mass is 10.2. The molecule has 0 amide bonds. The van der Waals surface area contributed by atoms with Crippen molar-refractivity contribution >= 4 is 10.9 Å². The third-order valence-corrected chi connectivity index (χ3v) is 2.05. The molecule has 0 unspecified atom stereocenters. The van der Waals surface area contributed by atoms with Crippen LogP contribution in [-0.4, -0.2) is 9.67 Å². The van der Waals surface area contributed by atoms with Crippen LogP contribution in [0.5, 0.6) is 0 Å². The summed E-state index contributed by atoms with van der Waals surface area (Å²) in [4.78, 5) is 0. The largest absolute Gasteiger partial charge is 0.376 e. The Kier molecular flexibility index (Phi) is 1.76. The molecule has 13 heavy (non-hydrogen) atoms. The van der Waals surface area contributed by atoms with Crippen molar-refractivity contribution < 1.29 is 5.11 Å². The second-order valence-electron chi connectivity index (χ2n) is 2.81. The molecule has 0 atom stereocenters. The number of hydrogen-bond acceptors (Lipinski definition) is 2. The number of benzene rings is 1. The summed E-state index contributed by atoms with van der Waals surface area (Å²) in [7, 11) is 0. The van der Waals surface area contributed by atoms with Crippen molar-refractivity contribution in [3.05, 3.63) is 36.0 Å². The fourth-order valence-corrected chi connectivity index (χ4v) is 1.39. The minimum atomic E-state index is -0.0323. The average Bonchev–Trinajstić information content (AvgIpc) is 2.59. The number of aliphatic hydroxyl groups excluding tert-OH is 1. The van der Waals surface area contributed by atoms with Crippen LogP contribution in [0.3, 0.4) is 0 Å². The minimum absolute atomic E-state index is 0.0323. The highest BCUT2D eigenvalue weighted by Crippen LogP contribution is 2.16. The molecule has 0 aliphatic rings. The number of aromatic nitrogens is 1. The van der Waals surface area contributed by atoms with Gasteiger partial charge < -0.3 is 9.67 Å². The molecule has 0 aliphatic carbocycles. The maximum atomic E-state index is 8.95. The summed E-state index contributed by atoms with van der Waals surface area (Å²) in [6.07, 6.45) is 1.80. The van der Waals surface area contributed by atoms with Gasteiger partial charge >= 0.3 is 0 Å². The fraction of sp³-hybridized carbons (Fsp3) is 0.100. The molecule has 0 fully saturated rings. The lowest BCUT2D eigenvalue weighted by Crippen LogP contribution is -1.92. The Hall–Kier alpha value is -1.79. The van der Waals surface area contributed by atoms with Crippen molar-refractivity contribution in [3.63, 3.8) is 0 Å². The molecule has 1 N–H and O–H groups in total. The van der Waals surface area contributed by atoms with Gasteiger partial charge in [-0.1, -0.05) is 0 Å². The van der Waals surface area contributed by atoms with Crippen molar-refractivity contribution in [2.24, 2.45) is 0 Å². The highest BCUT2D eigenvalue weighted by molar-refractivity contribution is 5.81. The van der Waals surface area contributed by atoms with E-state index in [1.54, 1.807) is 16.8 Å². The number of nitriles is 1. The Morgan fingerprint density at radius 1 is 1.38 bits per heavy atom. The molecule has 1 heterocycles. The Morgan fingerprint density at radius 3 is 2.92 bits per heavy atom. The first-order valence-electron chi connectivity index (χ1n) is 3.95. The molecule has 0 bridgehead atoms. The predicted octanol–water partition coefficient (Wildman–Crippen LogP) is 1.46. The minimum Gasteiger partial charge on any atom is -0.376 e. The van der Waals surface area contributed by atoms with Crippen LogP contribution in [0.15, 0.2) is 30.5 Å². The maximum absolute atomic E-state index is 8.95. The van der Waals surface area contributed by atoms with Crippen molar-refractivity contribution in [1.29, 1.82) is 5.26 Å². The SMILES string of the molecule is N#Cc1ccc2c(ccn2CO)c1. The van der Waals surface area contributed by atoms with E-state index in [9.17, 15) is 0 Å². The monoisotopic (exact) mass is 172 g/mol. The highest BCUT2D eigenvalue weighted by Gasteiger charge is 1.99. The van der Waals surface area contributed by atoms with Gasteiger partial charge in [0.15, 0.2) is 0 Å². The van der Waals surface area contributed by atoms with Crippen LogP contribution in [0, 0.1) is 11.3 Å². The summed E-state index contributed by atoms with van der Waals surface area (Å²) in [6.45, 7) is -0.0323. The summed E-state index contributed by atoms with van der Waals surface area (Å²) in [5, 5.41) is 18.6. The Bertz CT molecular complexity index is 479. The molecule has 2 aromatic rings.